The van der Waals surface area contributed by atoms with Crippen LogP contribution in [-0.2, 0) is 0 Å². The van der Waals surface area contributed by atoms with Gasteiger partial charge in [0.1, 0.15) is 5.76 Å². The van der Waals surface area contributed by atoms with E-state index < -0.39 is 0 Å². The summed E-state index contributed by atoms with van der Waals surface area (Å²) in [7, 11) is 0. The predicted octanol–water partition coefficient (Wildman–Crippen LogP) is 6.27. The van der Waals surface area contributed by atoms with Crippen LogP contribution in [0.25, 0.3) is 11.3 Å². The molecular weight excluding hydrogens is 401 g/mol. The number of anilines is 1. The van der Waals surface area contributed by atoms with E-state index in [1.807, 2.05) is 12.1 Å². The fourth-order valence-electron chi connectivity index (χ4n) is 2.00. The number of amides is 1. The Balaban J connectivity index is 1.79. The Morgan fingerprint density at radius 2 is 1.74 bits per heavy atom. The van der Waals surface area contributed by atoms with Crippen LogP contribution in [0.3, 0.4) is 0 Å². The molecule has 1 aromatic heterocycles. The van der Waals surface area contributed by atoms with Crippen LogP contribution in [0.15, 0.2) is 63.5 Å². The number of hydrogen-bond acceptors (Lipinski definition) is 2. The highest BCUT2D eigenvalue weighted by Gasteiger charge is 2.14. The smallest absolute Gasteiger partial charge is 0.291 e. The van der Waals surface area contributed by atoms with E-state index in [4.69, 9.17) is 27.6 Å². The average Bonchev–Trinajstić information content (AvgIpc) is 3.01. The van der Waals surface area contributed by atoms with Crippen molar-refractivity contribution in [2.75, 3.05) is 5.32 Å². The van der Waals surface area contributed by atoms with Crippen molar-refractivity contribution < 1.29 is 9.21 Å². The summed E-state index contributed by atoms with van der Waals surface area (Å²) in [6.45, 7) is 0. The van der Waals surface area contributed by atoms with Crippen molar-refractivity contribution in [3.05, 3.63) is 74.9 Å². The van der Waals surface area contributed by atoms with Gasteiger partial charge in [0.25, 0.3) is 5.91 Å². The van der Waals surface area contributed by atoms with Gasteiger partial charge in [-0.25, -0.2) is 0 Å². The first kappa shape index (κ1) is 16.1. The molecule has 0 unspecified atom stereocenters. The van der Waals surface area contributed by atoms with Crippen molar-refractivity contribution in [2.24, 2.45) is 0 Å². The van der Waals surface area contributed by atoms with E-state index in [0.29, 0.717) is 21.5 Å². The standard InChI is InChI=1S/C17H10BrCl2NO2/c18-11-3-6-14(13(20)9-11)21-17(22)16-8-7-15(23-16)10-1-4-12(19)5-2-10/h1-9H,(H,21,22). The number of carbonyl (C=O) groups excluding carboxylic acids is 1. The molecule has 116 valence electrons. The minimum Gasteiger partial charge on any atom is -0.451 e. The molecule has 0 atom stereocenters. The average molecular weight is 411 g/mol. The van der Waals surface area contributed by atoms with Gasteiger partial charge in [-0.2, -0.15) is 0 Å². The lowest BCUT2D eigenvalue weighted by Gasteiger charge is -2.06. The maximum absolute atomic E-state index is 12.3. The number of carbonyl (C=O) groups is 1. The van der Waals surface area contributed by atoms with Crippen LogP contribution >= 0.6 is 39.1 Å². The summed E-state index contributed by atoms with van der Waals surface area (Å²) in [5.41, 5.74) is 1.36. The van der Waals surface area contributed by atoms with Crippen molar-refractivity contribution >= 4 is 50.7 Å². The number of benzene rings is 2. The second-order valence-corrected chi connectivity index (χ2v) is 6.51. The number of halogens is 3. The van der Waals surface area contributed by atoms with Crippen molar-refractivity contribution in [1.82, 2.24) is 0 Å². The molecule has 0 radical (unpaired) electrons. The first-order valence-electron chi connectivity index (χ1n) is 6.65. The van der Waals surface area contributed by atoms with Crippen molar-refractivity contribution in [1.29, 1.82) is 0 Å². The van der Waals surface area contributed by atoms with Crippen LogP contribution in [0.2, 0.25) is 10.0 Å². The molecule has 0 aliphatic carbocycles. The summed E-state index contributed by atoms with van der Waals surface area (Å²) in [4.78, 5) is 12.3. The molecule has 3 aromatic rings. The second kappa shape index (κ2) is 6.79. The van der Waals surface area contributed by atoms with Gasteiger partial charge < -0.3 is 9.73 Å². The zero-order valence-corrected chi connectivity index (χ0v) is 14.7. The van der Waals surface area contributed by atoms with Gasteiger partial charge in [0.05, 0.1) is 10.7 Å². The van der Waals surface area contributed by atoms with Crippen LogP contribution in [0.1, 0.15) is 10.6 Å². The highest BCUT2D eigenvalue weighted by atomic mass is 79.9. The summed E-state index contributed by atoms with van der Waals surface area (Å²) in [5.74, 6) is 0.428. The second-order valence-electron chi connectivity index (χ2n) is 4.75. The molecule has 0 saturated heterocycles. The van der Waals surface area contributed by atoms with Gasteiger partial charge in [-0.05, 0) is 54.6 Å². The third-order valence-corrected chi connectivity index (χ3v) is 4.20. The van der Waals surface area contributed by atoms with Crippen LogP contribution < -0.4 is 5.32 Å². The molecule has 1 amide bonds. The van der Waals surface area contributed by atoms with Crippen molar-refractivity contribution in [2.45, 2.75) is 0 Å². The van der Waals surface area contributed by atoms with Crippen molar-refractivity contribution in [3.63, 3.8) is 0 Å². The largest absolute Gasteiger partial charge is 0.451 e. The summed E-state index contributed by atoms with van der Waals surface area (Å²) in [6, 6.07) is 15.8. The van der Waals surface area contributed by atoms with E-state index >= 15 is 0 Å². The molecule has 0 bridgehead atoms. The van der Waals surface area contributed by atoms with Gasteiger partial charge >= 0.3 is 0 Å². The summed E-state index contributed by atoms with van der Waals surface area (Å²) in [5, 5.41) is 3.80. The van der Waals surface area contributed by atoms with E-state index in [1.54, 1.807) is 42.5 Å². The molecule has 0 saturated carbocycles. The minimum atomic E-state index is -0.366. The monoisotopic (exact) mass is 409 g/mol. The molecule has 0 spiro atoms. The minimum absolute atomic E-state index is 0.203. The van der Waals surface area contributed by atoms with Gasteiger partial charge in [-0.1, -0.05) is 39.1 Å². The molecular formula is C17H10BrCl2NO2. The molecule has 2 aromatic carbocycles. The molecule has 0 aliphatic heterocycles. The van der Waals surface area contributed by atoms with Gasteiger partial charge in [0.15, 0.2) is 5.76 Å². The lowest BCUT2D eigenvalue weighted by atomic mass is 10.2. The van der Waals surface area contributed by atoms with Crippen LogP contribution in [0, 0.1) is 0 Å². The molecule has 6 heteroatoms. The topological polar surface area (TPSA) is 42.2 Å². The zero-order chi connectivity index (χ0) is 16.4. The van der Waals surface area contributed by atoms with Crippen LogP contribution in [0.5, 0.6) is 0 Å². The zero-order valence-electron chi connectivity index (χ0n) is 11.6. The Bertz CT molecular complexity index is 859. The van der Waals surface area contributed by atoms with Gasteiger partial charge in [0.2, 0.25) is 0 Å². The SMILES string of the molecule is O=C(Nc1ccc(Br)cc1Cl)c1ccc(-c2ccc(Cl)cc2)o1. The van der Waals surface area contributed by atoms with Crippen molar-refractivity contribution in [3.8, 4) is 11.3 Å². The lowest BCUT2D eigenvalue weighted by molar-refractivity contribution is 0.0997. The number of hydrogen-bond donors (Lipinski definition) is 1. The quantitative estimate of drug-likeness (QED) is 0.552. The van der Waals surface area contributed by atoms with E-state index in [9.17, 15) is 4.79 Å². The fourth-order valence-corrected chi connectivity index (χ4v) is 2.85. The Morgan fingerprint density at radius 1 is 1.00 bits per heavy atom. The molecule has 0 aliphatic rings. The Hall–Kier alpha value is -1.75. The van der Waals surface area contributed by atoms with Crippen LogP contribution in [-0.4, -0.2) is 5.91 Å². The lowest BCUT2D eigenvalue weighted by Crippen LogP contribution is -2.11. The van der Waals surface area contributed by atoms with Gasteiger partial charge in [-0.15, -0.1) is 0 Å². The van der Waals surface area contributed by atoms with E-state index in [2.05, 4.69) is 21.2 Å². The van der Waals surface area contributed by atoms with Crippen LogP contribution in [0.4, 0.5) is 5.69 Å². The number of nitrogens with one attached hydrogen (secondary N) is 1. The van der Waals surface area contributed by atoms with E-state index in [1.165, 1.54) is 0 Å². The predicted molar refractivity (Wildman–Crippen MR) is 96.3 cm³/mol. The van der Waals surface area contributed by atoms with E-state index in [-0.39, 0.29) is 11.7 Å². The summed E-state index contributed by atoms with van der Waals surface area (Å²) < 4.78 is 6.44. The van der Waals surface area contributed by atoms with E-state index in [0.717, 1.165) is 10.0 Å². The third kappa shape index (κ3) is 3.78. The first-order valence-corrected chi connectivity index (χ1v) is 8.20. The molecule has 1 N–H and O–H groups in total. The third-order valence-electron chi connectivity index (χ3n) is 3.14. The Morgan fingerprint density at radius 3 is 2.43 bits per heavy atom. The summed E-state index contributed by atoms with van der Waals surface area (Å²) in [6.07, 6.45) is 0. The number of rotatable bonds is 3. The van der Waals surface area contributed by atoms with Gasteiger partial charge in [0, 0.05) is 15.1 Å². The fraction of sp³-hybridized carbons (Fsp3) is 0. The molecule has 1 heterocycles. The molecule has 3 nitrogen and oxygen atoms in total. The Labute approximate surface area is 151 Å². The highest BCUT2D eigenvalue weighted by Crippen LogP contribution is 2.27. The molecule has 0 fully saturated rings. The first-order chi connectivity index (χ1) is 11.0. The van der Waals surface area contributed by atoms with Gasteiger partial charge in [-0.3, -0.25) is 4.79 Å². The normalized spacial score (nSPS) is 10.6. The molecule has 3 rings (SSSR count). The highest BCUT2D eigenvalue weighted by molar-refractivity contribution is 9.10. The maximum Gasteiger partial charge on any atom is 0.291 e. The molecule has 23 heavy (non-hydrogen) atoms. The Kier molecular flexibility index (Phi) is 4.76. The summed E-state index contributed by atoms with van der Waals surface area (Å²) >= 11 is 15.3. The number of furan rings is 1. The maximum atomic E-state index is 12.3.